The van der Waals surface area contributed by atoms with Gasteiger partial charge in [-0.1, -0.05) is 12.1 Å². The van der Waals surface area contributed by atoms with Gasteiger partial charge >= 0.3 is 12.0 Å². The lowest BCUT2D eigenvalue weighted by atomic mass is 10.1. The third kappa shape index (κ3) is 4.24. The van der Waals surface area contributed by atoms with E-state index in [0.717, 1.165) is 5.56 Å². The first kappa shape index (κ1) is 18.0. The maximum absolute atomic E-state index is 11.6. The summed E-state index contributed by atoms with van der Waals surface area (Å²) in [6.45, 7) is 0.317. The van der Waals surface area contributed by atoms with Crippen LogP contribution in [-0.4, -0.2) is 29.2 Å². The molecule has 0 saturated heterocycles. The monoisotopic (exact) mass is 366 g/mol. The lowest BCUT2D eigenvalue weighted by molar-refractivity contribution is 0.0697. The number of amides is 2. The maximum atomic E-state index is 11.6. The topological polar surface area (TPSA) is 127 Å². The molecule has 0 aliphatic heterocycles. The number of hydrogen-bond acceptors (Lipinski definition) is 5. The first-order valence-corrected chi connectivity index (χ1v) is 8.07. The Bertz CT molecular complexity index is 1020. The van der Waals surface area contributed by atoms with Gasteiger partial charge in [0, 0.05) is 23.7 Å². The van der Waals surface area contributed by atoms with Gasteiger partial charge in [-0.15, -0.1) is 0 Å². The molecule has 0 bridgehead atoms. The van der Waals surface area contributed by atoms with Gasteiger partial charge in [0.25, 0.3) is 0 Å². The highest BCUT2D eigenvalue weighted by Gasteiger charge is 2.14. The van der Waals surface area contributed by atoms with Crippen LogP contribution in [0.2, 0.25) is 0 Å². The average molecular weight is 366 g/mol. The zero-order valence-corrected chi connectivity index (χ0v) is 14.5. The molecule has 1 heterocycles. The molecule has 8 nitrogen and oxygen atoms in total. The van der Waals surface area contributed by atoms with Crippen molar-refractivity contribution in [3.05, 3.63) is 59.7 Å². The highest BCUT2D eigenvalue weighted by molar-refractivity contribution is 5.98. The Morgan fingerprint density at radius 2 is 2.00 bits per heavy atom. The molecule has 1 aromatic heterocycles. The van der Waals surface area contributed by atoms with Crippen molar-refractivity contribution in [2.45, 2.75) is 6.54 Å². The summed E-state index contributed by atoms with van der Waals surface area (Å²) in [5.41, 5.74) is 7.18. The van der Waals surface area contributed by atoms with Gasteiger partial charge in [0.2, 0.25) is 0 Å². The van der Waals surface area contributed by atoms with Crippen LogP contribution in [0.25, 0.3) is 10.9 Å². The molecule has 27 heavy (non-hydrogen) atoms. The van der Waals surface area contributed by atoms with Gasteiger partial charge in [-0.25, -0.2) is 14.6 Å². The Labute approximate surface area is 155 Å². The number of pyridine rings is 1. The van der Waals surface area contributed by atoms with Crippen LogP contribution in [0.15, 0.2) is 48.5 Å². The number of carboxylic acid groups (broad SMARTS) is 1. The number of aromatic nitrogens is 1. The molecule has 5 N–H and O–H groups in total. The lowest BCUT2D eigenvalue weighted by Crippen LogP contribution is -2.19. The number of carbonyl (C=O) groups excluding carboxylic acids is 1. The number of fused-ring (bicyclic) bond motifs is 1. The maximum Gasteiger partial charge on any atom is 0.339 e. The summed E-state index contributed by atoms with van der Waals surface area (Å²) >= 11 is 0. The van der Waals surface area contributed by atoms with Crippen molar-refractivity contribution in [1.82, 2.24) is 4.98 Å². The molecule has 0 atom stereocenters. The SMILES string of the molecule is COc1ccc2cc(C(=O)O)c(NCc3cccc(NC(N)=O)c3)nc2c1. The van der Waals surface area contributed by atoms with E-state index in [9.17, 15) is 14.7 Å². The van der Waals surface area contributed by atoms with Crippen molar-refractivity contribution in [3.8, 4) is 5.75 Å². The van der Waals surface area contributed by atoms with E-state index >= 15 is 0 Å². The minimum absolute atomic E-state index is 0.0686. The predicted octanol–water partition coefficient (Wildman–Crippen LogP) is 3.04. The van der Waals surface area contributed by atoms with Crippen molar-refractivity contribution in [2.75, 3.05) is 17.7 Å². The fourth-order valence-electron chi connectivity index (χ4n) is 2.66. The van der Waals surface area contributed by atoms with E-state index in [2.05, 4.69) is 15.6 Å². The summed E-state index contributed by atoms with van der Waals surface area (Å²) in [7, 11) is 1.55. The molecule has 0 saturated carbocycles. The van der Waals surface area contributed by atoms with Gasteiger partial charge < -0.3 is 26.2 Å². The summed E-state index contributed by atoms with van der Waals surface area (Å²) in [5.74, 6) is -0.197. The van der Waals surface area contributed by atoms with Gasteiger partial charge in [-0.3, -0.25) is 0 Å². The second-order valence-corrected chi connectivity index (χ2v) is 5.79. The number of rotatable bonds is 6. The number of aromatic carboxylic acids is 1. The number of primary amides is 1. The fourth-order valence-corrected chi connectivity index (χ4v) is 2.66. The average Bonchev–Trinajstić information content (AvgIpc) is 2.64. The van der Waals surface area contributed by atoms with Gasteiger partial charge in [-0.05, 0) is 35.9 Å². The molecule has 0 aliphatic carbocycles. The van der Waals surface area contributed by atoms with E-state index in [1.165, 1.54) is 0 Å². The molecule has 0 unspecified atom stereocenters. The summed E-state index contributed by atoms with van der Waals surface area (Å²) in [5, 5.41) is 15.7. The smallest absolute Gasteiger partial charge is 0.339 e. The molecule has 0 fully saturated rings. The summed E-state index contributed by atoms with van der Waals surface area (Å²) < 4.78 is 5.19. The molecular formula is C19H18N4O4. The van der Waals surface area contributed by atoms with Crippen LogP contribution in [0.3, 0.4) is 0 Å². The van der Waals surface area contributed by atoms with Gasteiger partial charge in [0.05, 0.1) is 12.6 Å². The number of anilines is 2. The predicted molar refractivity (Wildman–Crippen MR) is 102 cm³/mol. The minimum atomic E-state index is -1.08. The third-order valence-corrected chi connectivity index (χ3v) is 3.91. The zero-order chi connectivity index (χ0) is 19.4. The van der Waals surface area contributed by atoms with Gasteiger partial charge in [0.15, 0.2) is 0 Å². The van der Waals surface area contributed by atoms with E-state index in [1.54, 1.807) is 49.6 Å². The number of urea groups is 1. The molecule has 0 radical (unpaired) electrons. The second-order valence-electron chi connectivity index (χ2n) is 5.79. The molecule has 138 valence electrons. The van der Waals surface area contributed by atoms with E-state index in [0.29, 0.717) is 28.9 Å². The number of carboxylic acids is 1. The number of methoxy groups -OCH3 is 1. The van der Waals surface area contributed by atoms with Crippen molar-refractivity contribution in [2.24, 2.45) is 5.73 Å². The Balaban J connectivity index is 1.90. The Hall–Kier alpha value is -3.81. The van der Waals surface area contributed by atoms with Crippen molar-refractivity contribution < 1.29 is 19.4 Å². The Morgan fingerprint density at radius 1 is 1.19 bits per heavy atom. The van der Waals surface area contributed by atoms with Crippen molar-refractivity contribution >= 4 is 34.4 Å². The van der Waals surface area contributed by atoms with Crippen LogP contribution in [0.1, 0.15) is 15.9 Å². The highest BCUT2D eigenvalue weighted by atomic mass is 16.5. The number of ether oxygens (including phenoxy) is 1. The van der Waals surface area contributed by atoms with Crippen molar-refractivity contribution in [3.63, 3.8) is 0 Å². The molecule has 2 amide bonds. The first-order valence-electron chi connectivity index (χ1n) is 8.07. The van der Waals surface area contributed by atoms with Crippen molar-refractivity contribution in [1.29, 1.82) is 0 Å². The lowest BCUT2D eigenvalue weighted by Gasteiger charge is -2.12. The summed E-state index contributed by atoms with van der Waals surface area (Å²) in [6, 6.07) is 13.2. The van der Waals surface area contributed by atoms with Crippen LogP contribution >= 0.6 is 0 Å². The molecule has 0 spiro atoms. The zero-order valence-electron chi connectivity index (χ0n) is 14.5. The van der Waals surface area contributed by atoms with Gasteiger partial charge in [-0.2, -0.15) is 0 Å². The van der Waals surface area contributed by atoms with E-state index < -0.39 is 12.0 Å². The molecular weight excluding hydrogens is 348 g/mol. The number of nitrogens with zero attached hydrogens (tertiary/aromatic N) is 1. The molecule has 2 aromatic carbocycles. The first-order chi connectivity index (χ1) is 13.0. The molecule has 3 aromatic rings. The van der Waals surface area contributed by atoms with Crippen LogP contribution in [0, 0.1) is 0 Å². The van der Waals surface area contributed by atoms with E-state index in [1.807, 2.05) is 6.07 Å². The minimum Gasteiger partial charge on any atom is -0.497 e. The quantitative estimate of drug-likeness (QED) is 0.531. The number of nitrogens with two attached hydrogens (primary N) is 1. The van der Waals surface area contributed by atoms with Gasteiger partial charge in [0.1, 0.15) is 17.1 Å². The van der Waals surface area contributed by atoms with Crippen LogP contribution < -0.4 is 21.1 Å². The standard InChI is InChI=1S/C19H18N4O4/c1-27-14-6-5-12-8-15(18(24)25)17(23-16(12)9-14)21-10-11-3-2-4-13(7-11)22-19(20)26/h2-9H,10H2,1H3,(H,21,23)(H,24,25)(H3,20,22,26). The number of benzene rings is 2. The number of nitrogens with one attached hydrogen (secondary N) is 2. The fraction of sp³-hybridized carbons (Fsp3) is 0.105. The Kier molecular flexibility index (Phi) is 5.07. The summed E-state index contributed by atoms with van der Waals surface area (Å²) in [6.07, 6.45) is 0. The number of hydrogen-bond donors (Lipinski definition) is 4. The van der Waals surface area contributed by atoms with E-state index in [4.69, 9.17) is 10.5 Å². The molecule has 0 aliphatic rings. The largest absolute Gasteiger partial charge is 0.497 e. The second kappa shape index (κ2) is 7.61. The van der Waals surface area contributed by atoms with Crippen LogP contribution in [0.4, 0.5) is 16.3 Å². The summed E-state index contributed by atoms with van der Waals surface area (Å²) in [4.78, 5) is 27.0. The molecule has 3 rings (SSSR count). The number of carbonyl (C=O) groups is 2. The normalized spacial score (nSPS) is 10.4. The molecule has 8 heteroatoms. The highest BCUT2D eigenvalue weighted by Crippen LogP contribution is 2.25. The van der Waals surface area contributed by atoms with E-state index in [-0.39, 0.29) is 11.4 Å². The van der Waals surface area contributed by atoms with Crippen LogP contribution in [0.5, 0.6) is 5.75 Å². The van der Waals surface area contributed by atoms with Crippen LogP contribution in [-0.2, 0) is 6.54 Å². The Morgan fingerprint density at radius 3 is 2.70 bits per heavy atom. The third-order valence-electron chi connectivity index (χ3n) is 3.91.